The number of fused-ring (bicyclic) bond motifs is 2. The molecule has 4 atom stereocenters. The van der Waals surface area contributed by atoms with Gasteiger partial charge in [-0.05, 0) is 110 Å². The highest BCUT2D eigenvalue weighted by atomic mass is 79.9. The number of benzene rings is 3. The highest BCUT2D eigenvalue weighted by Gasteiger charge is 2.62. The van der Waals surface area contributed by atoms with E-state index in [1.165, 1.54) is 12.8 Å². The smallest absolute Gasteiger partial charge is 0.251 e. The van der Waals surface area contributed by atoms with Crippen LogP contribution in [0.5, 0.6) is 11.5 Å². The third kappa shape index (κ3) is 6.29. The van der Waals surface area contributed by atoms with E-state index in [0.717, 1.165) is 29.7 Å². The molecule has 3 heterocycles. The zero-order chi connectivity index (χ0) is 33.4. The first-order valence-corrected chi connectivity index (χ1v) is 17.8. The predicted octanol–water partition coefficient (Wildman–Crippen LogP) is 7.49. The van der Waals surface area contributed by atoms with Crippen LogP contribution in [0.3, 0.4) is 0 Å². The molecule has 3 N–H and O–H groups in total. The van der Waals surface area contributed by atoms with Crippen LogP contribution in [0, 0.1) is 11.8 Å². The molecule has 3 amide bonds. The summed E-state index contributed by atoms with van der Waals surface area (Å²) in [6, 6.07) is 17.1. The largest absolute Gasteiger partial charge is 0.457 e. The maximum absolute atomic E-state index is 14.5. The van der Waals surface area contributed by atoms with E-state index in [-0.39, 0.29) is 30.1 Å². The van der Waals surface area contributed by atoms with E-state index >= 15 is 0 Å². The van der Waals surface area contributed by atoms with Crippen molar-refractivity contribution in [3.8, 4) is 11.5 Å². The van der Waals surface area contributed by atoms with E-state index < -0.39 is 17.4 Å². The minimum Gasteiger partial charge on any atom is -0.457 e. The zero-order valence-corrected chi connectivity index (χ0v) is 29.2. The first-order chi connectivity index (χ1) is 23.2. The number of anilines is 1. The van der Waals surface area contributed by atoms with Gasteiger partial charge in [0.15, 0.2) is 0 Å². The molecule has 0 bridgehead atoms. The summed E-state index contributed by atoms with van der Waals surface area (Å²) in [5.41, 5.74) is 1.34. The van der Waals surface area contributed by atoms with Gasteiger partial charge in [0.25, 0.3) is 5.91 Å². The fourth-order valence-corrected chi connectivity index (χ4v) is 8.52. The topological polar surface area (TPSA) is 99.8 Å². The fourth-order valence-electron chi connectivity index (χ4n) is 7.72. The minimum atomic E-state index is -1.20. The number of rotatable bonds is 8. The number of carbonyl (C=O) groups is 3. The van der Waals surface area contributed by atoms with E-state index in [0.29, 0.717) is 51.3 Å². The molecule has 0 saturated carbocycles. The average molecular weight is 751 g/mol. The van der Waals surface area contributed by atoms with Gasteiger partial charge in [-0.1, -0.05) is 57.4 Å². The number of hydrogen-bond donors (Lipinski definition) is 3. The molecule has 3 aromatic rings. The van der Waals surface area contributed by atoms with Crippen LogP contribution in [-0.2, 0) is 15.0 Å². The lowest BCUT2D eigenvalue weighted by atomic mass is 9.57. The second-order valence-corrected chi connectivity index (χ2v) is 14.6. The summed E-state index contributed by atoms with van der Waals surface area (Å²) in [7, 11) is 0. The molecule has 1 unspecified atom stereocenters. The van der Waals surface area contributed by atoms with Gasteiger partial charge in [0.1, 0.15) is 16.9 Å². The summed E-state index contributed by atoms with van der Waals surface area (Å²) in [6.45, 7) is 3.61. The van der Waals surface area contributed by atoms with Gasteiger partial charge in [-0.15, -0.1) is 0 Å². The third-order valence-corrected chi connectivity index (χ3v) is 10.9. The molecule has 2 saturated heterocycles. The third-order valence-electron chi connectivity index (χ3n) is 9.92. The highest BCUT2D eigenvalue weighted by molar-refractivity contribution is 9.10. The molecule has 3 aromatic carbocycles. The number of carbonyl (C=O) groups excluding carboxylic acids is 3. The Balaban J connectivity index is 1.22. The van der Waals surface area contributed by atoms with Gasteiger partial charge in [0, 0.05) is 50.9 Å². The molecular formula is C37H35BrCl2N4O4. The van der Waals surface area contributed by atoms with Gasteiger partial charge in [-0.25, -0.2) is 0 Å². The number of allylic oxidation sites excluding steroid dienone is 4. The van der Waals surface area contributed by atoms with Gasteiger partial charge in [0.05, 0.1) is 6.04 Å². The summed E-state index contributed by atoms with van der Waals surface area (Å²) >= 11 is 16.5. The number of nitrogens with one attached hydrogen (secondary N) is 3. The van der Waals surface area contributed by atoms with Crippen molar-refractivity contribution < 1.29 is 19.1 Å². The lowest BCUT2D eigenvalue weighted by Crippen LogP contribution is -2.59. The molecule has 0 aromatic heterocycles. The van der Waals surface area contributed by atoms with E-state index in [9.17, 15) is 14.4 Å². The Morgan fingerprint density at radius 1 is 1.02 bits per heavy atom. The highest BCUT2D eigenvalue weighted by Crippen LogP contribution is 2.58. The number of likely N-dealkylation sites (tertiary alicyclic amines) is 1. The van der Waals surface area contributed by atoms with Crippen molar-refractivity contribution in [1.82, 2.24) is 15.5 Å². The second-order valence-electron chi connectivity index (χ2n) is 12.8. The maximum atomic E-state index is 14.5. The average Bonchev–Trinajstić information content (AvgIpc) is 3.69. The summed E-state index contributed by atoms with van der Waals surface area (Å²) in [4.78, 5) is 43.2. The van der Waals surface area contributed by atoms with Crippen LogP contribution in [0.2, 0.25) is 5.02 Å². The molecule has 1 spiro atoms. The molecule has 8 nitrogen and oxygen atoms in total. The number of amides is 3. The molecule has 2 fully saturated rings. The SMILES string of the molecule is O=C1C[C@@H](C2C=CC=C(Cl)C2)[C@]2(C(=O)Nc3cc(Cl)ccc32)[C@H](c2cc(Br)ccc2Oc2ccc(C(=O)NCCN3CCCC3)cc2)N1. The number of ether oxygens (including phenoxy) is 1. The Bertz CT molecular complexity index is 1820. The number of nitrogens with zero attached hydrogens (tertiary/aromatic N) is 1. The number of hydrogen-bond acceptors (Lipinski definition) is 5. The first kappa shape index (κ1) is 32.9. The van der Waals surface area contributed by atoms with Gasteiger partial charge >= 0.3 is 0 Å². The monoisotopic (exact) mass is 748 g/mol. The Morgan fingerprint density at radius 2 is 1.81 bits per heavy atom. The summed E-state index contributed by atoms with van der Waals surface area (Å²) < 4.78 is 7.23. The van der Waals surface area contributed by atoms with Crippen LogP contribution in [0.25, 0.3) is 0 Å². The molecule has 11 heteroatoms. The molecule has 4 aliphatic rings. The number of halogens is 3. The summed E-state index contributed by atoms with van der Waals surface area (Å²) in [5.74, 6) is -0.147. The molecule has 3 aliphatic heterocycles. The molecule has 1 aliphatic carbocycles. The summed E-state index contributed by atoms with van der Waals surface area (Å²) in [5, 5.41) is 10.4. The van der Waals surface area contributed by atoms with Crippen LogP contribution in [0.1, 0.15) is 53.2 Å². The van der Waals surface area contributed by atoms with E-state index in [2.05, 4.69) is 36.8 Å². The van der Waals surface area contributed by atoms with Crippen molar-refractivity contribution in [1.29, 1.82) is 0 Å². The van der Waals surface area contributed by atoms with Gasteiger partial charge in [0.2, 0.25) is 11.8 Å². The van der Waals surface area contributed by atoms with Gasteiger partial charge in [-0.2, -0.15) is 0 Å². The van der Waals surface area contributed by atoms with Crippen molar-refractivity contribution in [3.05, 3.63) is 110 Å². The lowest BCUT2D eigenvalue weighted by Gasteiger charge is -2.49. The van der Waals surface area contributed by atoms with E-state index in [1.807, 2.05) is 42.5 Å². The maximum Gasteiger partial charge on any atom is 0.251 e. The van der Waals surface area contributed by atoms with Crippen molar-refractivity contribution >= 4 is 62.5 Å². The van der Waals surface area contributed by atoms with Crippen molar-refractivity contribution in [2.45, 2.75) is 37.1 Å². The quantitative estimate of drug-likeness (QED) is 0.222. The lowest BCUT2D eigenvalue weighted by molar-refractivity contribution is -0.135. The fraction of sp³-hybridized carbons (Fsp3) is 0.324. The second kappa shape index (κ2) is 13.7. The van der Waals surface area contributed by atoms with Crippen molar-refractivity contribution in [3.63, 3.8) is 0 Å². The Labute approximate surface area is 298 Å². The van der Waals surface area contributed by atoms with Crippen LogP contribution in [0.4, 0.5) is 5.69 Å². The Kier molecular flexibility index (Phi) is 9.39. The summed E-state index contributed by atoms with van der Waals surface area (Å²) in [6.07, 6.45) is 8.85. The number of piperidine rings is 1. The van der Waals surface area contributed by atoms with Crippen LogP contribution in [0.15, 0.2) is 88.4 Å². The molecular weight excluding hydrogens is 715 g/mol. The van der Waals surface area contributed by atoms with Crippen molar-refractivity contribution in [2.75, 3.05) is 31.5 Å². The first-order valence-electron chi connectivity index (χ1n) is 16.2. The van der Waals surface area contributed by atoms with E-state index in [4.69, 9.17) is 27.9 Å². The van der Waals surface area contributed by atoms with Crippen LogP contribution >= 0.6 is 39.1 Å². The normalized spacial score (nSPS) is 25.0. The van der Waals surface area contributed by atoms with Crippen LogP contribution < -0.4 is 20.7 Å². The zero-order valence-electron chi connectivity index (χ0n) is 26.1. The predicted molar refractivity (Wildman–Crippen MR) is 191 cm³/mol. The van der Waals surface area contributed by atoms with E-state index in [1.54, 1.807) is 36.4 Å². The molecule has 48 heavy (non-hydrogen) atoms. The Hall–Kier alpha value is -3.63. The minimum absolute atomic E-state index is 0.136. The van der Waals surface area contributed by atoms with Crippen LogP contribution in [-0.4, -0.2) is 48.8 Å². The molecule has 7 rings (SSSR count). The Morgan fingerprint density at radius 3 is 2.58 bits per heavy atom. The molecule has 0 radical (unpaired) electrons. The molecule has 248 valence electrons. The van der Waals surface area contributed by atoms with Crippen molar-refractivity contribution in [2.24, 2.45) is 11.8 Å². The van der Waals surface area contributed by atoms with Gasteiger partial charge in [-0.3, -0.25) is 14.4 Å². The van der Waals surface area contributed by atoms with Gasteiger partial charge < -0.3 is 25.6 Å². The standard InChI is InChI=1S/C37H35BrCl2N4O4/c38-24-8-13-32(48-27-10-6-22(7-11-27)35(46)41-14-17-44-15-1-2-16-44)28(19-24)34-37(29-12-9-26(40)20-31(29)42-36(37)47)30(21-33(45)43-34)23-4-3-5-25(39)18-23/h3-13,19-20,23,30,34H,1-2,14-18,21H2,(H,41,46)(H,42,47)(H,43,45)/t23?,30-,34-,37-/m0/s1.